The van der Waals surface area contributed by atoms with Crippen LogP contribution in [0.1, 0.15) is 96.4 Å². The molecule has 0 aliphatic heterocycles. The fraction of sp³-hybridized carbons (Fsp3) is 0.434. The van der Waals surface area contributed by atoms with Gasteiger partial charge in [-0.1, -0.05) is 80.9 Å². The summed E-state index contributed by atoms with van der Waals surface area (Å²) in [6.07, 6.45) is 1.56. The molecule has 1 aliphatic carbocycles. The number of nitrogens with one attached hydrogen (secondary N) is 5. The number of ether oxygens (including phenoxy) is 2. The summed E-state index contributed by atoms with van der Waals surface area (Å²) >= 11 is 6.77. The first-order chi connectivity index (χ1) is 33.0. The van der Waals surface area contributed by atoms with E-state index in [9.17, 15) is 29.4 Å². The number of methoxy groups -OCH3 is 1. The number of anilines is 2. The molecule has 0 spiro atoms. The smallest absolute Gasteiger partial charge is 0.412 e. The summed E-state index contributed by atoms with van der Waals surface area (Å²) in [4.78, 5) is 55.2. The minimum atomic E-state index is -2.31. The van der Waals surface area contributed by atoms with Crippen LogP contribution in [0.25, 0.3) is 22.0 Å². The molecule has 5 aromatic rings. The number of hydrogen-bond donors (Lipinski definition) is 7. The first-order valence-corrected chi connectivity index (χ1v) is 27.2. The Morgan fingerprint density at radius 3 is 2.30 bits per heavy atom. The number of carbonyl (C=O) groups is 3. The maximum atomic E-state index is 13.2. The van der Waals surface area contributed by atoms with Crippen LogP contribution in [0.5, 0.6) is 11.5 Å². The monoisotopic (exact) mass is 996 g/mol. The van der Waals surface area contributed by atoms with Gasteiger partial charge in [0.1, 0.15) is 17.1 Å². The third-order valence-corrected chi connectivity index (χ3v) is 17.9. The minimum absolute atomic E-state index is 0.0226. The molecule has 6 rings (SSSR count). The van der Waals surface area contributed by atoms with Crippen LogP contribution < -0.4 is 36.5 Å². The Hall–Kier alpha value is -6.07. The molecule has 1 heterocycles. The molecule has 15 nitrogen and oxygen atoms in total. The number of fused-ring (bicyclic) bond motifs is 1. The van der Waals surface area contributed by atoms with Gasteiger partial charge in [0, 0.05) is 60.4 Å². The number of rotatable bonds is 17. The highest BCUT2D eigenvalue weighted by Crippen LogP contribution is 2.42. The Bertz CT molecular complexity index is 2690. The van der Waals surface area contributed by atoms with E-state index >= 15 is 0 Å². The molecule has 1 aromatic heterocycles. The number of aromatic hydroxyl groups is 1. The van der Waals surface area contributed by atoms with Gasteiger partial charge in [0.15, 0.2) is 8.32 Å². The van der Waals surface area contributed by atoms with Crippen LogP contribution in [0.4, 0.5) is 25.8 Å². The number of aromatic nitrogens is 1. The highest BCUT2D eigenvalue weighted by molar-refractivity contribution is 6.74. The van der Waals surface area contributed by atoms with Crippen LogP contribution in [0.3, 0.4) is 0 Å². The van der Waals surface area contributed by atoms with Crippen molar-refractivity contribution in [3.05, 3.63) is 117 Å². The maximum Gasteiger partial charge on any atom is 0.412 e. The van der Waals surface area contributed by atoms with E-state index in [-0.39, 0.29) is 28.4 Å². The predicted molar refractivity (Wildman–Crippen MR) is 280 cm³/mol. The van der Waals surface area contributed by atoms with E-state index in [1.165, 1.54) is 11.0 Å². The van der Waals surface area contributed by atoms with Crippen molar-refractivity contribution in [2.75, 3.05) is 30.4 Å². The lowest BCUT2D eigenvalue weighted by atomic mass is 9.89. The van der Waals surface area contributed by atoms with Gasteiger partial charge in [0.2, 0.25) is 5.56 Å². The summed E-state index contributed by atoms with van der Waals surface area (Å²) in [6.45, 7) is 17.4. The third kappa shape index (κ3) is 13.8. The van der Waals surface area contributed by atoms with Gasteiger partial charge in [0.25, 0.3) is 0 Å². The van der Waals surface area contributed by atoms with E-state index in [1.54, 1.807) is 31.4 Å². The number of benzene rings is 4. The van der Waals surface area contributed by atoms with E-state index in [1.807, 2.05) is 75.4 Å². The zero-order valence-electron chi connectivity index (χ0n) is 41.8. The summed E-state index contributed by atoms with van der Waals surface area (Å²) in [5.74, 6) is 0.489. The number of carbonyl (C=O) groups excluding carboxylic acids is 2. The fourth-order valence-corrected chi connectivity index (χ4v) is 10.0. The molecule has 376 valence electrons. The Kier molecular flexibility index (Phi) is 17.3. The average molecular weight is 998 g/mol. The number of phenolic OH excluding ortho intramolecular Hbond substituents is 1. The molecular weight excluding hydrogens is 928 g/mol. The van der Waals surface area contributed by atoms with Crippen LogP contribution in [-0.4, -0.2) is 79.6 Å². The number of hydrogen-bond acceptors (Lipinski definition) is 9. The molecule has 0 bridgehead atoms. The van der Waals surface area contributed by atoms with E-state index < -0.39 is 38.2 Å². The molecule has 7 N–H and O–H groups in total. The van der Waals surface area contributed by atoms with Gasteiger partial charge in [-0.15, -0.1) is 0 Å². The van der Waals surface area contributed by atoms with Crippen molar-refractivity contribution in [1.82, 2.24) is 20.9 Å². The number of alkyl carbamates (subject to hydrolysis) is 1. The molecule has 1 aliphatic rings. The summed E-state index contributed by atoms with van der Waals surface area (Å²) in [6, 6.07) is 24.7. The van der Waals surface area contributed by atoms with Gasteiger partial charge in [-0.3, -0.25) is 9.69 Å². The Morgan fingerprint density at radius 2 is 1.64 bits per heavy atom. The molecule has 1 saturated carbocycles. The van der Waals surface area contributed by atoms with Crippen molar-refractivity contribution < 1.29 is 38.5 Å². The largest absolute Gasteiger partial charge is 0.506 e. The zero-order valence-corrected chi connectivity index (χ0v) is 43.5. The van der Waals surface area contributed by atoms with Gasteiger partial charge in [-0.25, -0.2) is 14.4 Å². The SMILES string of the molecule is COc1cc(NC(=O)NCCCc2ccc(-c3ccccc3)c(N(C(=O)O)[C@H]3CC[C@H](NC(=O)OC(C)(C)C)CC3)c2)c(Cl)cc1CNC[C@H](O[Si](C)(C)C(C)(C)C)c1ccc(O)c2[nH]c(=O)ccc12. The molecule has 0 saturated heterocycles. The molecule has 1 fully saturated rings. The molecule has 0 unspecified atom stereocenters. The van der Waals surface area contributed by atoms with Crippen LogP contribution in [0, 0.1) is 0 Å². The van der Waals surface area contributed by atoms with Crippen molar-refractivity contribution in [2.24, 2.45) is 0 Å². The summed E-state index contributed by atoms with van der Waals surface area (Å²) in [7, 11) is -0.762. The highest BCUT2D eigenvalue weighted by atomic mass is 35.5. The second-order valence-electron chi connectivity index (χ2n) is 20.4. The predicted octanol–water partition coefficient (Wildman–Crippen LogP) is 11.5. The number of carboxylic acid groups (broad SMARTS) is 1. The summed E-state index contributed by atoms with van der Waals surface area (Å²) in [5.41, 5.74) is 4.59. The molecule has 4 amide bonds. The van der Waals surface area contributed by atoms with Gasteiger partial charge in [-0.2, -0.15) is 0 Å². The van der Waals surface area contributed by atoms with Gasteiger partial charge < -0.3 is 50.4 Å². The molecule has 17 heteroatoms. The lowest BCUT2D eigenvalue weighted by Crippen LogP contribution is -2.47. The number of pyridine rings is 1. The summed E-state index contributed by atoms with van der Waals surface area (Å²) < 4.78 is 18.2. The third-order valence-electron chi connectivity index (χ3n) is 13.1. The molecule has 70 heavy (non-hydrogen) atoms. The standard InChI is InChI=1S/C53H69ClN6O9Si/c1-52(2,3)68-50(64)57-36-18-20-37(21-19-36)60(51(65)66)43-28-33(17-22-38(43)34-15-11-10-12-16-34)14-13-27-56-49(63)58-42-30-45(67-7)35(29-41(42)54)31-55-32-46(69-70(8,9)53(4,5)6)39-23-25-44(61)48-40(39)24-26-47(62)59-48/h10-12,15-17,22-26,28-30,36-37,46,55,61H,13-14,18-21,27,31-32H2,1-9H3,(H,57,64)(H,59,62)(H,65,66)(H2,56,58,63)/t36-,37-,46-/m0/s1. The first kappa shape index (κ1) is 53.3. The number of aryl methyl sites for hydroxylation is 1. The highest BCUT2D eigenvalue weighted by Gasteiger charge is 2.40. The van der Waals surface area contributed by atoms with Crippen LogP contribution >= 0.6 is 11.6 Å². The number of aromatic amines is 1. The van der Waals surface area contributed by atoms with Crippen molar-refractivity contribution >= 4 is 60.4 Å². The molecule has 1 atom stereocenters. The van der Waals surface area contributed by atoms with Crippen LogP contribution in [0.15, 0.2) is 89.7 Å². The van der Waals surface area contributed by atoms with E-state index in [2.05, 4.69) is 60.1 Å². The lowest BCUT2D eigenvalue weighted by Gasteiger charge is -2.39. The molecular formula is C53H69ClN6O9Si. The second-order valence-corrected chi connectivity index (χ2v) is 25.6. The molecule has 4 aromatic carbocycles. The second kappa shape index (κ2) is 22.8. The number of nitrogens with zero attached hydrogens (tertiary/aromatic N) is 1. The summed E-state index contributed by atoms with van der Waals surface area (Å²) in [5, 5.41) is 34.4. The van der Waals surface area contributed by atoms with E-state index in [0.29, 0.717) is 91.2 Å². The number of urea groups is 1. The lowest BCUT2D eigenvalue weighted by molar-refractivity contribution is 0.0490. The first-order valence-electron chi connectivity index (χ1n) is 23.9. The van der Waals surface area contributed by atoms with Gasteiger partial charge >= 0.3 is 18.2 Å². The van der Waals surface area contributed by atoms with Gasteiger partial charge in [0.05, 0.1) is 35.1 Å². The number of H-pyrrole nitrogens is 1. The normalized spacial score (nSPS) is 15.7. The van der Waals surface area contributed by atoms with Crippen LogP contribution in [0.2, 0.25) is 23.2 Å². The number of phenols is 1. The average Bonchev–Trinajstić information content (AvgIpc) is 3.28. The maximum absolute atomic E-state index is 13.2. The van der Waals surface area contributed by atoms with E-state index in [0.717, 1.165) is 27.8 Å². The number of halogens is 1. The fourth-order valence-electron chi connectivity index (χ4n) is 8.51. The number of amides is 4. The van der Waals surface area contributed by atoms with Gasteiger partial charge in [-0.05, 0) is 118 Å². The van der Waals surface area contributed by atoms with Crippen molar-refractivity contribution in [2.45, 2.75) is 129 Å². The zero-order chi connectivity index (χ0) is 51.0. The minimum Gasteiger partial charge on any atom is -0.506 e. The van der Waals surface area contributed by atoms with E-state index in [4.69, 9.17) is 25.5 Å². The van der Waals surface area contributed by atoms with Crippen molar-refractivity contribution in [3.8, 4) is 22.6 Å². The molecule has 0 radical (unpaired) electrons. The van der Waals surface area contributed by atoms with Crippen LogP contribution in [-0.2, 0) is 22.1 Å². The Balaban J connectivity index is 1.08. The Morgan fingerprint density at radius 1 is 0.929 bits per heavy atom. The van der Waals surface area contributed by atoms with Crippen molar-refractivity contribution in [3.63, 3.8) is 0 Å². The quantitative estimate of drug-likeness (QED) is 0.0347. The Labute approximate surface area is 416 Å². The topological polar surface area (TPSA) is 204 Å². The van der Waals surface area contributed by atoms with Crippen molar-refractivity contribution in [1.29, 1.82) is 0 Å².